The number of hydrogen-bond acceptors (Lipinski definition) is 0. The van der Waals surface area contributed by atoms with Gasteiger partial charge in [0.25, 0.3) is 0 Å². The Labute approximate surface area is 194 Å². The summed E-state index contributed by atoms with van der Waals surface area (Å²) in [5.41, 5.74) is 0. The van der Waals surface area contributed by atoms with Crippen LogP contribution in [0.25, 0.3) is 0 Å². The molecule has 0 bridgehead atoms. The maximum Gasteiger partial charge on any atom is 0.0594 e. The minimum absolute atomic E-state index is 0.687. The first kappa shape index (κ1) is 30.4. The van der Waals surface area contributed by atoms with Gasteiger partial charge in [-0.15, -0.1) is 0 Å². The number of hydrogen-bond donors (Lipinski definition) is 0. The molecule has 0 heterocycles. The van der Waals surface area contributed by atoms with Crippen LogP contribution in [0.15, 0.2) is 0 Å². The van der Waals surface area contributed by atoms with Crippen LogP contribution in [0.2, 0.25) is 0 Å². The summed E-state index contributed by atoms with van der Waals surface area (Å²) in [7, 11) is -0.687. The van der Waals surface area contributed by atoms with E-state index in [4.69, 9.17) is 0 Å². The van der Waals surface area contributed by atoms with Gasteiger partial charge in [0.1, 0.15) is 0 Å². The third-order valence-electron chi connectivity index (χ3n) is 7.19. The molecule has 0 nitrogen and oxygen atoms in total. The predicted molar refractivity (Wildman–Crippen MR) is 146 cm³/mol. The van der Waals surface area contributed by atoms with Crippen molar-refractivity contribution in [3.05, 3.63) is 0 Å². The van der Waals surface area contributed by atoms with E-state index < -0.39 is 7.26 Å². The van der Waals surface area contributed by atoms with Crippen LogP contribution in [0.5, 0.6) is 0 Å². The van der Waals surface area contributed by atoms with Gasteiger partial charge < -0.3 is 0 Å². The van der Waals surface area contributed by atoms with Gasteiger partial charge in [-0.05, 0) is 51.4 Å². The van der Waals surface area contributed by atoms with E-state index in [-0.39, 0.29) is 0 Å². The van der Waals surface area contributed by atoms with Crippen molar-refractivity contribution < 1.29 is 0 Å². The summed E-state index contributed by atoms with van der Waals surface area (Å²) in [6.45, 7) is 9.41. The Morgan fingerprint density at radius 1 is 0.267 bits per heavy atom. The molecule has 0 rings (SSSR count). The molecular weight excluding hydrogens is 379 g/mol. The zero-order valence-corrected chi connectivity index (χ0v) is 23.0. The van der Waals surface area contributed by atoms with Gasteiger partial charge in [0, 0.05) is 7.26 Å². The molecule has 0 N–H and O–H groups in total. The molecule has 0 saturated heterocycles. The van der Waals surface area contributed by atoms with Gasteiger partial charge in [0.15, 0.2) is 0 Å². The summed E-state index contributed by atoms with van der Waals surface area (Å²) in [6, 6.07) is 0. The van der Waals surface area contributed by atoms with Crippen molar-refractivity contribution in [3.63, 3.8) is 0 Å². The SMILES string of the molecule is CCCCCCCCCCC[P+](CCCCCC)(CCCCCC)CCCCCC. The maximum atomic E-state index is 2.36. The van der Waals surface area contributed by atoms with Crippen molar-refractivity contribution in [1.82, 2.24) is 0 Å². The second-order valence-corrected chi connectivity index (χ2v) is 14.7. The fourth-order valence-corrected chi connectivity index (χ4v) is 9.97. The normalized spacial score (nSPS) is 12.0. The molecule has 0 radical (unpaired) electrons. The van der Waals surface area contributed by atoms with Crippen LogP contribution >= 0.6 is 7.26 Å². The second-order valence-electron chi connectivity index (χ2n) is 10.2. The highest BCUT2D eigenvalue weighted by molar-refractivity contribution is 7.75. The summed E-state index contributed by atoms with van der Waals surface area (Å²) < 4.78 is 0. The van der Waals surface area contributed by atoms with E-state index in [1.165, 1.54) is 109 Å². The average molecular weight is 442 g/mol. The molecule has 0 aromatic heterocycles. The predicted octanol–water partition coefficient (Wildman–Crippen LogP) is 11.3. The lowest BCUT2D eigenvalue weighted by Crippen LogP contribution is -2.13. The molecule has 0 aliphatic rings. The molecule has 0 unspecified atom stereocenters. The van der Waals surface area contributed by atoms with Crippen LogP contribution in [-0.4, -0.2) is 24.6 Å². The van der Waals surface area contributed by atoms with E-state index in [9.17, 15) is 0 Å². The summed E-state index contributed by atoms with van der Waals surface area (Å²) in [4.78, 5) is 0. The lowest BCUT2D eigenvalue weighted by atomic mass is 10.1. The Morgan fingerprint density at radius 3 is 0.733 bits per heavy atom. The molecule has 0 aromatic rings. The van der Waals surface area contributed by atoms with Gasteiger partial charge in [-0.1, -0.05) is 111 Å². The van der Waals surface area contributed by atoms with Crippen LogP contribution in [0, 0.1) is 0 Å². The molecule has 0 fully saturated rings. The first-order valence-electron chi connectivity index (χ1n) is 14.6. The zero-order valence-electron chi connectivity index (χ0n) is 22.1. The summed E-state index contributed by atoms with van der Waals surface area (Å²) in [5, 5.41) is 0. The fraction of sp³-hybridized carbons (Fsp3) is 1.00. The van der Waals surface area contributed by atoms with Gasteiger partial charge >= 0.3 is 0 Å². The van der Waals surface area contributed by atoms with E-state index in [1.807, 2.05) is 0 Å². The monoisotopic (exact) mass is 441 g/mol. The van der Waals surface area contributed by atoms with Crippen LogP contribution in [-0.2, 0) is 0 Å². The lowest BCUT2D eigenvalue weighted by molar-refractivity contribution is 0.572. The first-order chi connectivity index (χ1) is 14.7. The van der Waals surface area contributed by atoms with Crippen molar-refractivity contribution in [2.45, 2.75) is 163 Å². The van der Waals surface area contributed by atoms with Crippen LogP contribution < -0.4 is 0 Å². The third-order valence-corrected chi connectivity index (χ3v) is 12.3. The van der Waals surface area contributed by atoms with E-state index in [2.05, 4.69) is 27.7 Å². The Balaban J connectivity index is 4.50. The zero-order chi connectivity index (χ0) is 22.2. The average Bonchev–Trinajstić information content (AvgIpc) is 2.76. The number of unbranched alkanes of at least 4 members (excludes halogenated alkanes) is 17. The number of rotatable bonds is 25. The molecule has 0 spiro atoms. The van der Waals surface area contributed by atoms with Crippen molar-refractivity contribution in [2.75, 3.05) is 24.6 Å². The largest absolute Gasteiger partial charge is 0.0654 e. The van der Waals surface area contributed by atoms with Gasteiger partial charge in [0.05, 0.1) is 24.6 Å². The quantitative estimate of drug-likeness (QED) is 0.0975. The highest BCUT2D eigenvalue weighted by Crippen LogP contribution is 2.61. The van der Waals surface area contributed by atoms with Crippen LogP contribution in [0.1, 0.15) is 163 Å². The summed E-state index contributed by atoms with van der Waals surface area (Å²) >= 11 is 0. The van der Waals surface area contributed by atoms with Crippen LogP contribution in [0.4, 0.5) is 0 Å². The molecule has 0 atom stereocenters. The van der Waals surface area contributed by atoms with E-state index in [1.54, 1.807) is 50.3 Å². The highest BCUT2D eigenvalue weighted by Gasteiger charge is 2.34. The molecule has 0 saturated carbocycles. The van der Waals surface area contributed by atoms with Crippen molar-refractivity contribution in [3.8, 4) is 0 Å². The highest BCUT2D eigenvalue weighted by atomic mass is 31.2. The van der Waals surface area contributed by atoms with Gasteiger partial charge in [-0.2, -0.15) is 0 Å². The van der Waals surface area contributed by atoms with Crippen molar-refractivity contribution in [2.24, 2.45) is 0 Å². The lowest BCUT2D eigenvalue weighted by Gasteiger charge is -2.28. The molecule has 30 heavy (non-hydrogen) atoms. The van der Waals surface area contributed by atoms with Gasteiger partial charge in [0.2, 0.25) is 0 Å². The molecule has 182 valence electrons. The third kappa shape index (κ3) is 19.1. The Hall–Kier alpha value is 0.430. The van der Waals surface area contributed by atoms with Crippen molar-refractivity contribution in [1.29, 1.82) is 0 Å². The van der Waals surface area contributed by atoms with E-state index in [0.29, 0.717) is 0 Å². The maximum absolute atomic E-state index is 2.36. The fourth-order valence-electron chi connectivity index (χ4n) is 5.05. The Morgan fingerprint density at radius 2 is 0.467 bits per heavy atom. The summed E-state index contributed by atoms with van der Waals surface area (Å²) in [6.07, 6.45) is 37.6. The molecule has 0 aliphatic heterocycles. The standard InChI is InChI=1S/C29H62P/c1-5-9-13-17-18-19-20-21-25-29-30(26-22-14-10-6-2,27-23-15-11-7-3)28-24-16-12-8-4/h5-29H2,1-4H3/q+1. The van der Waals surface area contributed by atoms with Crippen molar-refractivity contribution >= 4 is 7.26 Å². The van der Waals surface area contributed by atoms with E-state index >= 15 is 0 Å². The van der Waals surface area contributed by atoms with Gasteiger partial charge in [-0.25, -0.2) is 0 Å². The minimum Gasteiger partial charge on any atom is -0.0654 e. The Bertz CT molecular complexity index is 280. The minimum atomic E-state index is -0.687. The molecule has 0 amide bonds. The smallest absolute Gasteiger partial charge is 0.0594 e. The van der Waals surface area contributed by atoms with Crippen LogP contribution in [0.3, 0.4) is 0 Å². The van der Waals surface area contributed by atoms with Gasteiger partial charge in [-0.3, -0.25) is 0 Å². The van der Waals surface area contributed by atoms with E-state index in [0.717, 1.165) is 0 Å². The molecular formula is C29H62P+. The molecule has 0 aromatic carbocycles. The Kier molecular flexibility index (Phi) is 24.4. The summed E-state index contributed by atoms with van der Waals surface area (Å²) in [5.74, 6) is 0. The second kappa shape index (κ2) is 24.1. The topological polar surface area (TPSA) is 0 Å². The first-order valence-corrected chi connectivity index (χ1v) is 17.1. The molecule has 0 aliphatic carbocycles. The molecule has 1 heteroatoms.